The number of aryl methyl sites for hydroxylation is 2. The van der Waals surface area contributed by atoms with Crippen molar-refractivity contribution < 1.29 is 5.11 Å². The summed E-state index contributed by atoms with van der Waals surface area (Å²) in [6.07, 6.45) is 5.50. The van der Waals surface area contributed by atoms with Crippen molar-refractivity contribution >= 4 is 0 Å². The minimum atomic E-state index is 0.180. The fraction of sp³-hybridized carbons (Fsp3) is 0.375. The summed E-state index contributed by atoms with van der Waals surface area (Å²) in [4.78, 5) is 8.76. The van der Waals surface area contributed by atoms with Gasteiger partial charge in [0.05, 0.1) is 5.69 Å². The van der Waals surface area contributed by atoms with E-state index in [9.17, 15) is 0 Å². The van der Waals surface area contributed by atoms with Gasteiger partial charge < -0.3 is 5.11 Å². The molecule has 0 aliphatic heterocycles. The highest BCUT2D eigenvalue weighted by molar-refractivity contribution is 5.58. The molecule has 0 atom stereocenters. The van der Waals surface area contributed by atoms with Crippen LogP contribution in [0, 0.1) is 0 Å². The van der Waals surface area contributed by atoms with Gasteiger partial charge in [0, 0.05) is 24.8 Å². The zero-order valence-electron chi connectivity index (χ0n) is 11.3. The van der Waals surface area contributed by atoms with Gasteiger partial charge in [-0.2, -0.15) is 0 Å². The van der Waals surface area contributed by atoms with E-state index in [1.165, 1.54) is 5.56 Å². The second-order valence-corrected chi connectivity index (χ2v) is 4.63. The average molecular weight is 256 g/mol. The minimum Gasteiger partial charge on any atom is -0.396 e. The fourth-order valence-electron chi connectivity index (χ4n) is 2.05. The van der Waals surface area contributed by atoms with Crippen molar-refractivity contribution in [2.24, 2.45) is 0 Å². The maximum atomic E-state index is 8.84. The lowest BCUT2D eigenvalue weighted by molar-refractivity contribution is 0.287. The van der Waals surface area contributed by atoms with E-state index in [1.54, 1.807) is 6.20 Å². The van der Waals surface area contributed by atoms with Gasteiger partial charge in [-0.1, -0.05) is 37.6 Å². The molecule has 1 aromatic heterocycles. The van der Waals surface area contributed by atoms with Crippen molar-refractivity contribution in [3.8, 4) is 11.3 Å². The molecule has 0 aliphatic carbocycles. The molecule has 0 saturated heterocycles. The summed E-state index contributed by atoms with van der Waals surface area (Å²) in [5.74, 6) is 0.796. The standard InChI is InChI=1S/C16H20N2O/c1-2-4-13-6-8-14(9-7-13)15-10-11-17-16(18-15)5-3-12-19/h6-11,19H,2-5,12H2,1H3. The predicted molar refractivity (Wildman–Crippen MR) is 76.9 cm³/mol. The van der Waals surface area contributed by atoms with Crippen LogP contribution < -0.4 is 0 Å². The highest BCUT2D eigenvalue weighted by Crippen LogP contribution is 2.18. The van der Waals surface area contributed by atoms with Crippen LogP contribution in [-0.2, 0) is 12.8 Å². The van der Waals surface area contributed by atoms with Crippen LogP contribution in [0.15, 0.2) is 36.5 Å². The SMILES string of the molecule is CCCc1ccc(-c2ccnc(CCCO)n2)cc1. The topological polar surface area (TPSA) is 46.0 Å². The van der Waals surface area contributed by atoms with Crippen LogP contribution in [0.3, 0.4) is 0 Å². The smallest absolute Gasteiger partial charge is 0.129 e. The molecule has 19 heavy (non-hydrogen) atoms. The normalized spacial score (nSPS) is 10.6. The lowest BCUT2D eigenvalue weighted by Gasteiger charge is -2.05. The van der Waals surface area contributed by atoms with Crippen molar-refractivity contribution in [1.82, 2.24) is 9.97 Å². The Kier molecular flexibility index (Phi) is 5.04. The molecule has 0 spiro atoms. The van der Waals surface area contributed by atoms with Crippen LogP contribution in [0.1, 0.15) is 31.2 Å². The maximum Gasteiger partial charge on any atom is 0.129 e. The van der Waals surface area contributed by atoms with Gasteiger partial charge in [0.25, 0.3) is 0 Å². The molecule has 0 saturated carbocycles. The summed E-state index contributed by atoms with van der Waals surface area (Å²) >= 11 is 0. The largest absolute Gasteiger partial charge is 0.396 e. The van der Waals surface area contributed by atoms with Crippen LogP contribution in [0.2, 0.25) is 0 Å². The van der Waals surface area contributed by atoms with E-state index < -0.39 is 0 Å². The Morgan fingerprint density at radius 3 is 2.53 bits per heavy atom. The van der Waals surface area contributed by atoms with Crippen LogP contribution in [-0.4, -0.2) is 21.7 Å². The number of aliphatic hydroxyl groups is 1. The lowest BCUT2D eigenvalue weighted by atomic mass is 10.1. The van der Waals surface area contributed by atoms with Crippen molar-refractivity contribution in [2.75, 3.05) is 6.61 Å². The van der Waals surface area contributed by atoms with Crippen LogP contribution in [0.25, 0.3) is 11.3 Å². The van der Waals surface area contributed by atoms with Gasteiger partial charge in [0.1, 0.15) is 5.82 Å². The molecule has 1 N–H and O–H groups in total. The maximum absolute atomic E-state index is 8.84. The Hall–Kier alpha value is -1.74. The molecule has 0 unspecified atom stereocenters. The second-order valence-electron chi connectivity index (χ2n) is 4.63. The first-order chi connectivity index (χ1) is 9.33. The molecule has 1 aromatic carbocycles. The number of hydrogen-bond acceptors (Lipinski definition) is 3. The van der Waals surface area contributed by atoms with E-state index in [0.717, 1.165) is 36.3 Å². The van der Waals surface area contributed by atoms with Crippen LogP contribution in [0.4, 0.5) is 0 Å². The first-order valence-corrected chi connectivity index (χ1v) is 6.85. The minimum absolute atomic E-state index is 0.180. The molecule has 1 heterocycles. The summed E-state index contributed by atoms with van der Waals surface area (Å²) < 4.78 is 0. The van der Waals surface area contributed by atoms with Crippen LogP contribution in [0.5, 0.6) is 0 Å². The molecule has 0 aliphatic rings. The quantitative estimate of drug-likeness (QED) is 0.864. The molecule has 0 radical (unpaired) electrons. The highest BCUT2D eigenvalue weighted by Gasteiger charge is 2.02. The molecule has 3 heteroatoms. The van der Waals surface area contributed by atoms with Gasteiger partial charge in [-0.25, -0.2) is 9.97 Å². The van der Waals surface area contributed by atoms with E-state index in [2.05, 4.69) is 41.2 Å². The summed E-state index contributed by atoms with van der Waals surface area (Å²) in [6, 6.07) is 10.5. The van der Waals surface area contributed by atoms with E-state index in [-0.39, 0.29) is 6.61 Å². The van der Waals surface area contributed by atoms with Crippen molar-refractivity contribution in [3.05, 3.63) is 47.9 Å². The third kappa shape index (κ3) is 3.86. The lowest BCUT2D eigenvalue weighted by Crippen LogP contribution is -1.98. The zero-order valence-corrected chi connectivity index (χ0v) is 11.3. The number of aliphatic hydroxyl groups excluding tert-OH is 1. The molecule has 2 aromatic rings. The highest BCUT2D eigenvalue weighted by atomic mass is 16.2. The van der Waals surface area contributed by atoms with Crippen molar-refractivity contribution in [3.63, 3.8) is 0 Å². The van der Waals surface area contributed by atoms with Crippen LogP contribution >= 0.6 is 0 Å². The summed E-state index contributed by atoms with van der Waals surface area (Å²) in [6.45, 7) is 2.37. The Morgan fingerprint density at radius 1 is 1.05 bits per heavy atom. The summed E-state index contributed by atoms with van der Waals surface area (Å²) in [5.41, 5.74) is 3.43. The molecule has 2 rings (SSSR count). The zero-order chi connectivity index (χ0) is 13.5. The Morgan fingerprint density at radius 2 is 1.84 bits per heavy atom. The molecular formula is C16H20N2O. The van der Waals surface area contributed by atoms with E-state index in [0.29, 0.717) is 6.42 Å². The van der Waals surface area contributed by atoms with Gasteiger partial charge in [-0.15, -0.1) is 0 Å². The van der Waals surface area contributed by atoms with Gasteiger partial charge in [-0.05, 0) is 24.5 Å². The van der Waals surface area contributed by atoms with Gasteiger partial charge in [0.15, 0.2) is 0 Å². The Labute approximate surface area is 114 Å². The van der Waals surface area contributed by atoms with Crippen molar-refractivity contribution in [2.45, 2.75) is 32.6 Å². The van der Waals surface area contributed by atoms with Gasteiger partial charge in [-0.3, -0.25) is 0 Å². The third-order valence-corrected chi connectivity index (χ3v) is 3.05. The summed E-state index contributed by atoms with van der Waals surface area (Å²) in [5, 5.41) is 8.84. The molecule has 3 nitrogen and oxygen atoms in total. The van der Waals surface area contributed by atoms with Gasteiger partial charge >= 0.3 is 0 Å². The van der Waals surface area contributed by atoms with E-state index >= 15 is 0 Å². The van der Waals surface area contributed by atoms with Crippen molar-refractivity contribution in [1.29, 1.82) is 0 Å². The first kappa shape index (κ1) is 13.7. The van der Waals surface area contributed by atoms with Gasteiger partial charge in [0.2, 0.25) is 0 Å². The number of hydrogen-bond donors (Lipinski definition) is 1. The Balaban J connectivity index is 2.16. The number of aromatic nitrogens is 2. The molecular weight excluding hydrogens is 236 g/mol. The first-order valence-electron chi connectivity index (χ1n) is 6.85. The second kappa shape index (κ2) is 7.00. The molecule has 0 amide bonds. The monoisotopic (exact) mass is 256 g/mol. The number of nitrogens with zero attached hydrogens (tertiary/aromatic N) is 2. The summed E-state index contributed by atoms with van der Waals surface area (Å²) in [7, 11) is 0. The van der Waals surface area contributed by atoms with E-state index in [1.807, 2.05) is 6.07 Å². The molecule has 0 fully saturated rings. The molecule has 100 valence electrons. The predicted octanol–water partition coefficient (Wildman–Crippen LogP) is 3.02. The number of benzene rings is 1. The number of rotatable bonds is 6. The fourth-order valence-corrected chi connectivity index (χ4v) is 2.05. The Bertz CT molecular complexity index is 508. The van der Waals surface area contributed by atoms with E-state index in [4.69, 9.17) is 5.11 Å². The molecule has 0 bridgehead atoms. The third-order valence-electron chi connectivity index (χ3n) is 3.05. The average Bonchev–Trinajstić information content (AvgIpc) is 2.46.